The molecule has 0 saturated carbocycles. The molecule has 29 heavy (non-hydrogen) atoms. The van der Waals surface area contributed by atoms with E-state index >= 15 is 0 Å². The Balaban J connectivity index is 1.48. The van der Waals surface area contributed by atoms with Crippen LogP contribution in [0.25, 0.3) is 9.88 Å². The van der Waals surface area contributed by atoms with Crippen molar-refractivity contribution in [2.45, 2.75) is 6.92 Å². The molecule has 1 aromatic carbocycles. The first-order valence-corrected chi connectivity index (χ1v) is 10.3. The Bertz CT molecular complexity index is 1210. The maximum absolute atomic E-state index is 12.6. The van der Waals surface area contributed by atoms with Crippen LogP contribution in [0.1, 0.15) is 20.8 Å². The lowest BCUT2D eigenvalue weighted by atomic mass is 10.2. The Morgan fingerprint density at radius 1 is 1.21 bits per heavy atom. The highest BCUT2D eigenvalue weighted by Crippen LogP contribution is 2.30. The van der Waals surface area contributed by atoms with Crippen molar-refractivity contribution in [1.29, 1.82) is 5.26 Å². The monoisotopic (exact) mass is 418 g/mol. The number of thiazole rings is 1. The molecule has 4 rings (SSSR count). The Kier molecular flexibility index (Phi) is 5.33. The summed E-state index contributed by atoms with van der Waals surface area (Å²) in [4.78, 5) is 22.6. The molecule has 0 aliphatic heterocycles. The number of hydrogen-bond donors (Lipinski definition) is 1. The zero-order valence-electron chi connectivity index (χ0n) is 15.2. The molecule has 3 heterocycles. The van der Waals surface area contributed by atoms with Gasteiger partial charge in [0.1, 0.15) is 27.3 Å². The number of pyridine rings is 1. The van der Waals surface area contributed by atoms with Gasteiger partial charge in [-0.2, -0.15) is 5.26 Å². The van der Waals surface area contributed by atoms with Gasteiger partial charge in [0.25, 0.3) is 5.91 Å². The second kappa shape index (κ2) is 8.22. The van der Waals surface area contributed by atoms with Crippen LogP contribution in [-0.2, 0) is 0 Å². The molecular weight excluding hydrogens is 404 g/mol. The van der Waals surface area contributed by atoms with E-state index in [-0.39, 0.29) is 11.8 Å². The first-order valence-electron chi connectivity index (χ1n) is 8.59. The molecule has 8 heteroatoms. The lowest BCUT2D eigenvalue weighted by molar-refractivity contribution is 0.103. The van der Waals surface area contributed by atoms with Crippen LogP contribution in [0.3, 0.4) is 0 Å². The van der Waals surface area contributed by atoms with Crippen molar-refractivity contribution in [3.05, 3.63) is 76.2 Å². The number of rotatable bonds is 5. The van der Waals surface area contributed by atoms with Crippen molar-refractivity contribution in [3.63, 3.8) is 0 Å². The van der Waals surface area contributed by atoms with Gasteiger partial charge in [-0.05, 0) is 54.3 Å². The zero-order valence-corrected chi connectivity index (χ0v) is 16.9. The van der Waals surface area contributed by atoms with E-state index in [1.165, 1.54) is 11.3 Å². The van der Waals surface area contributed by atoms with E-state index in [4.69, 9.17) is 10.00 Å². The van der Waals surface area contributed by atoms with Crippen LogP contribution in [0.4, 0.5) is 5.69 Å². The molecule has 0 fully saturated rings. The third-order valence-electron chi connectivity index (χ3n) is 4.01. The molecule has 0 radical (unpaired) electrons. The molecule has 0 aliphatic rings. The van der Waals surface area contributed by atoms with Crippen LogP contribution >= 0.6 is 22.7 Å². The van der Waals surface area contributed by atoms with Crippen LogP contribution in [0.5, 0.6) is 11.6 Å². The van der Waals surface area contributed by atoms with Gasteiger partial charge in [0.05, 0.1) is 11.1 Å². The average molecular weight is 419 g/mol. The fourth-order valence-electron chi connectivity index (χ4n) is 2.59. The number of nitrogens with zero attached hydrogens (tertiary/aromatic N) is 3. The maximum atomic E-state index is 12.6. The van der Waals surface area contributed by atoms with Crippen LogP contribution < -0.4 is 10.1 Å². The SMILES string of the molecule is Cc1cc(Oc2ncccc2C#N)ccc1NC(=O)c1cnc(-c2cccs2)s1. The van der Waals surface area contributed by atoms with Gasteiger partial charge in [-0.15, -0.1) is 22.7 Å². The predicted molar refractivity (Wildman–Crippen MR) is 114 cm³/mol. The van der Waals surface area contributed by atoms with E-state index < -0.39 is 0 Å². The molecule has 1 amide bonds. The Labute approximate surface area is 175 Å². The van der Waals surface area contributed by atoms with Crippen molar-refractivity contribution in [1.82, 2.24) is 9.97 Å². The topological polar surface area (TPSA) is 87.9 Å². The summed E-state index contributed by atoms with van der Waals surface area (Å²) in [7, 11) is 0. The third-order valence-corrected chi connectivity index (χ3v) is 6.05. The normalized spacial score (nSPS) is 10.3. The Hall–Kier alpha value is -3.54. The van der Waals surface area contributed by atoms with Crippen molar-refractivity contribution < 1.29 is 9.53 Å². The molecule has 1 N–H and O–H groups in total. The van der Waals surface area contributed by atoms with Gasteiger partial charge in [0, 0.05) is 11.9 Å². The lowest BCUT2D eigenvalue weighted by Gasteiger charge is -2.10. The summed E-state index contributed by atoms with van der Waals surface area (Å²) in [5.74, 6) is 0.573. The highest BCUT2D eigenvalue weighted by atomic mass is 32.1. The Morgan fingerprint density at radius 2 is 2.10 bits per heavy atom. The lowest BCUT2D eigenvalue weighted by Crippen LogP contribution is -2.11. The molecule has 0 saturated heterocycles. The minimum absolute atomic E-state index is 0.210. The number of aromatic nitrogens is 2. The van der Waals surface area contributed by atoms with Crippen LogP contribution in [-0.4, -0.2) is 15.9 Å². The van der Waals surface area contributed by atoms with Gasteiger partial charge in [-0.25, -0.2) is 9.97 Å². The van der Waals surface area contributed by atoms with Crippen LogP contribution in [0.15, 0.2) is 60.2 Å². The number of nitriles is 1. The summed E-state index contributed by atoms with van der Waals surface area (Å²) in [6, 6.07) is 14.6. The number of benzene rings is 1. The Morgan fingerprint density at radius 3 is 2.86 bits per heavy atom. The van der Waals surface area contributed by atoms with E-state index in [1.807, 2.05) is 30.5 Å². The van der Waals surface area contributed by atoms with E-state index in [2.05, 4.69) is 15.3 Å². The maximum Gasteiger partial charge on any atom is 0.267 e. The molecule has 6 nitrogen and oxygen atoms in total. The molecule has 0 unspecified atom stereocenters. The summed E-state index contributed by atoms with van der Waals surface area (Å²) < 4.78 is 5.72. The highest BCUT2D eigenvalue weighted by Gasteiger charge is 2.14. The number of amides is 1. The van der Waals surface area contributed by atoms with Gasteiger partial charge < -0.3 is 10.1 Å². The molecule has 0 aliphatic carbocycles. The molecule has 0 spiro atoms. The second-order valence-corrected chi connectivity index (χ2v) is 7.99. The smallest absolute Gasteiger partial charge is 0.267 e. The van der Waals surface area contributed by atoms with E-state index in [1.54, 1.807) is 54.1 Å². The molecule has 0 atom stereocenters. The van der Waals surface area contributed by atoms with Crippen molar-refractivity contribution in [3.8, 4) is 27.6 Å². The van der Waals surface area contributed by atoms with E-state index in [0.29, 0.717) is 21.9 Å². The standard InChI is InChI=1S/C21H14N4O2S2/c1-13-10-15(27-20-14(11-22)4-2-8-23-20)6-7-16(13)25-19(26)18-12-24-21(29-18)17-5-3-9-28-17/h2-10,12H,1H3,(H,25,26). The number of aryl methyl sites for hydroxylation is 1. The zero-order chi connectivity index (χ0) is 20.2. The van der Waals surface area contributed by atoms with Gasteiger partial charge in [0.2, 0.25) is 5.88 Å². The van der Waals surface area contributed by atoms with Crippen molar-refractivity contribution >= 4 is 34.3 Å². The van der Waals surface area contributed by atoms with Gasteiger partial charge in [-0.1, -0.05) is 6.07 Å². The highest BCUT2D eigenvalue weighted by molar-refractivity contribution is 7.22. The summed E-state index contributed by atoms with van der Waals surface area (Å²) >= 11 is 2.95. The first-order chi connectivity index (χ1) is 14.1. The van der Waals surface area contributed by atoms with Crippen molar-refractivity contribution in [2.75, 3.05) is 5.32 Å². The van der Waals surface area contributed by atoms with Gasteiger partial charge >= 0.3 is 0 Å². The average Bonchev–Trinajstić information content (AvgIpc) is 3.42. The van der Waals surface area contributed by atoms with E-state index in [9.17, 15) is 4.79 Å². The van der Waals surface area contributed by atoms with Gasteiger partial charge in [0.15, 0.2) is 0 Å². The summed E-state index contributed by atoms with van der Waals surface area (Å²) in [6.07, 6.45) is 3.16. The fourth-order valence-corrected chi connectivity index (χ4v) is 4.20. The first kappa shape index (κ1) is 18.8. The molecule has 142 valence electrons. The summed E-state index contributed by atoms with van der Waals surface area (Å²) in [6.45, 7) is 1.87. The molecular formula is C21H14N4O2S2. The van der Waals surface area contributed by atoms with Crippen LogP contribution in [0.2, 0.25) is 0 Å². The largest absolute Gasteiger partial charge is 0.438 e. The minimum atomic E-state index is -0.210. The molecule has 3 aromatic heterocycles. The quantitative estimate of drug-likeness (QED) is 0.463. The van der Waals surface area contributed by atoms with Crippen molar-refractivity contribution in [2.24, 2.45) is 0 Å². The van der Waals surface area contributed by atoms with Crippen LogP contribution in [0, 0.1) is 18.3 Å². The van der Waals surface area contributed by atoms with E-state index in [0.717, 1.165) is 15.4 Å². The predicted octanol–water partition coefficient (Wildman–Crippen LogP) is 5.49. The number of thiophene rings is 1. The number of hydrogen-bond acceptors (Lipinski definition) is 7. The summed E-state index contributed by atoms with van der Waals surface area (Å²) in [5.41, 5.74) is 1.86. The number of anilines is 1. The number of nitrogens with one attached hydrogen (secondary N) is 1. The fraction of sp³-hybridized carbons (Fsp3) is 0.0476. The number of carbonyl (C=O) groups excluding carboxylic acids is 1. The second-order valence-electron chi connectivity index (χ2n) is 6.01. The molecule has 0 bridgehead atoms. The molecule has 4 aromatic rings. The van der Waals surface area contributed by atoms with Gasteiger partial charge in [-0.3, -0.25) is 4.79 Å². The number of ether oxygens (including phenoxy) is 1. The number of carbonyl (C=O) groups is 1. The third kappa shape index (κ3) is 4.16. The summed E-state index contributed by atoms with van der Waals surface area (Å²) in [5, 5.41) is 14.9. The minimum Gasteiger partial charge on any atom is -0.438 e.